The zero-order valence-electron chi connectivity index (χ0n) is 11.1. The fourth-order valence-electron chi connectivity index (χ4n) is 2.17. The van der Waals surface area contributed by atoms with Crippen LogP contribution >= 0.6 is 0 Å². The van der Waals surface area contributed by atoms with Gasteiger partial charge in [0.05, 0.1) is 12.0 Å². The number of hydrogen-bond donors (Lipinski definition) is 1. The zero-order chi connectivity index (χ0) is 14.2. The Kier molecular flexibility index (Phi) is 3.58. The highest BCUT2D eigenvalue weighted by Gasteiger charge is 2.44. The van der Waals surface area contributed by atoms with E-state index < -0.39 is 11.6 Å². The van der Waals surface area contributed by atoms with Crippen LogP contribution in [0, 0.1) is 17.6 Å². The van der Waals surface area contributed by atoms with Crippen molar-refractivity contribution in [1.82, 2.24) is 4.90 Å². The summed E-state index contributed by atoms with van der Waals surface area (Å²) in [6, 6.07) is 3.60. The Hall–Kier alpha value is -1.49. The molecule has 2 N–H and O–H groups in total. The van der Waals surface area contributed by atoms with E-state index in [1.807, 2.05) is 13.8 Å². The quantitative estimate of drug-likeness (QED) is 0.907. The minimum atomic E-state index is -0.684. The Labute approximate surface area is 111 Å². The lowest BCUT2D eigenvalue weighted by Gasteiger charge is -2.50. The van der Waals surface area contributed by atoms with E-state index >= 15 is 0 Å². The lowest BCUT2D eigenvalue weighted by Crippen LogP contribution is -2.71. The van der Waals surface area contributed by atoms with Gasteiger partial charge in [-0.25, -0.2) is 8.78 Å². The summed E-state index contributed by atoms with van der Waals surface area (Å²) in [5.41, 5.74) is 5.54. The van der Waals surface area contributed by atoms with Crippen molar-refractivity contribution in [2.75, 3.05) is 13.1 Å². The first-order valence-corrected chi connectivity index (χ1v) is 6.33. The van der Waals surface area contributed by atoms with Crippen molar-refractivity contribution in [3.8, 4) is 0 Å². The highest BCUT2D eigenvalue weighted by atomic mass is 19.1. The number of carbonyl (C=O) groups is 1. The molecule has 1 aromatic rings. The molecular formula is C14H18F2N2O. The first-order chi connectivity index (χ1) is 8.83. The van der Waals surface area contributed by atoms with E-state index in [-0.39, 0.29) is 29.3 Å². The molecule has 0 atom stereocenters. The van der Waals surface area contributed by atoms with Gasteiger partial charge >= 0.3 is 0 Å². The highest BCUT2D eigenvalue weighted by Crippen LogP contribution is 2.27. The van der Waals surface area contributed by atoms with Crippen LogP contribution in [0.2, 0.25) is 0 Å². The summed E-state index contributed by atoms with van der Waals surface area (Å²) in [6.45, 7) is 4.88. The summed E-state index contributed by atoms with van der Waals surface area (Å²) in [6.07, 6.45) is -0.257. The third kappa shape index (κ3) is 2.61. The number of likely N-dealkylation sites (tertiary alicyclic amines) is 1. The fourth-order valence-corrected chi connectivity index (χ4v) is 2.17. The van der Waals surface area contributed by atoms with Crippen LogP contribution in [0.1, 0.15) is 19.4 Å². The Morgan fingerprint density at radius 2 is 1.89 bits per heavy atom. The Morgan fingerprint density at radius 3 is 2.37 bits per heavy atom. The number of carbonyl (C=O) groups excluding carboxylic acids is 1. The second-order valence-electron chi connectivity index (χ2n) is 5.51. The van der Waals surface area contributed by atoms with Gasteiger partial charge < -0.3 is 10.6 Å². The molecule has 1 aromatic carbocycles. The number of hydrogen-bond acceptors (Lipinski definition) is 2. The largest absolute Gasteiger partial charge is 0.339 e. The SMILES string of the molecule is CC(C)C1(N)CN(C(=O)Cc2c(F)cccc2F)C1. The third-order valence-corrected chi connectivity index (χ3v) is 3.86. The summed E-state index contributed by atoms with van der Waals surface area (Å²) >= 11 is 0. The van der Waals surface area contributed by atoms with Crippen LogP contribution < -0.4 is 5.73 Å². The molecule has 2 rings (SSSR count). The molecule has 1 amide bonds. The fraction of sp³-hybridized carbons (Fsp3) is 0.500. The lowest BCUT2D eigenvalue weighted by molar-refractivity contribution is -0.139. The van der Waals surface area contributed by atoms with Gasteiger partial charge in [-0.05, 0) is 18.1 Å². The molecule has 0 unspecified atom stereocenters. The van der Waals surface area contributed by atoms with Crippen LogP contribution in [0.15, 0.2) is 18.2 Å². The van der Waals surface area contributed by atoms with Crippen LogP contribution in [-0.4, -0.2) is 29.4 Å². The number of nitrogens with two attached hydrogens (primary N) is 1. The van der Waals surface area contributed by atoms with Gasteiger partial charge in [0.2, 0.25) is 5.91 Å². The average molecular weight is 268 g/mol. The highest BCUT2D eigenvalue weighted by molar-refractivity contribution is 5.80. The molecule has 1 heterocycles. The van der Waals surface area contributed by atoms with Crippen LogP contribution in [0.5, 0.6) is 0 Å². The van der Waals surface area contributed by atoms with E-state index in [0.717, 1.165) is 12.1 Å². The van der Waals surface area contributed by atoms with Crippen LogP contribution in [0.3, 0.4) is 0 Å². The predicted octanol–water partition coefficient (Wildman–Crippen LogP) is 1.70. The first-order valence-electron chi connectivity index (χ1n) is 6.33. The van der Waals surface area contributed by atoms with Gasteiger partial charge in [-0.1, -0.05) is 19.9 Å². The van der Waals surface area contributed by atoms with Crippen molar-refractivity contribution in [1.29, 1.82) is 0 Å². The maximum atomic E-state index is 13.4. The minimum Gasteiger partial charge on any atom is -0.339 e. The van der Waals surface area contributed by atoms with E-state index in [9.17, 15) is 13.6 Å². The summed E-state index contributed by atoms with van der Waals surface area (Å²) < 4.78 is 26.9. The van der Waals surface area contributed by atoms with Crippen molar-refractivity contribution >= 4 is 5.91 Å². The molecule has 1 aliphatic rings. The van der Waals surface area contributed by atoms with E-state index in [1.54, 1.807) is 4.90 Å². The summed E-state index contributed by atoms with van der Waals surface area (Å²) in [7, 11) is 0. The van der Waals surface area contributed by atoms with Gasteiger partial charge in [0, 0.05) is 18.7 Å². The molecule has 1 saturated heterocycles. The lowest BCUT2D eigenvalue weighted by atomic mass is 9.80. The number of amides is 1. The maximum absolute atomic E-state index is 13.4. The van der Waals surface area contributed by atoms with Gasteiger partial charge in [-0.3, -0.25) is 4.79 Å². The average Bonchev–Trinajstić information content (AvgIpc) is 2.29. The van der Waals surface area contributed by atoms with Gasteiger partial charge in [-0.2, -0.15) is 0 Å². The number of nitrogens with zero attached hydrogens (tertiary/aromatic N) is 1. The van der Waals surface area contributed by atoms with Crippen molar-refractivity contribution in [3.63, 3.8) is 0 Å². The van der Waals surface area contributed by atoms with E-state index in [0.29, 0.717) is 13.1 Å². The van der Waals surface area contributed by atoms with Gasteiger partial charge in [-0.15, -0.1) is 0 Å². The normalized spacial score (nSPS) is 17.5. The predicted molar refractivity (Wildman–Crippen MR) is 68.4 cm³/mol. The van der Waals surface area contributed by atoms with Crippen molar-refractivity contribution < 1.29 is 13.6 Å². The standard InChI is InChI=1S/C14H18F2N2O/c1-9(2)14(17)7-18(8-14)13(19)6-10-11(15)4-3-5-12(10)16/h3-5,9H,6-8,17H2,1-2H3. The molecule has 3 nitrogen and oxygen atoms in total. The summed E-state index contributed by atoms with van der Waals surface area (Å²) in [5, 5.41) is 0. The molecule has 1 fully saturated rings. The molecule has 0 aliphatic carbocycles. The van der Waals surface area contributed by atoms with Gasteiger partial charge in [0.1, 0.15) is 11.6 Å². The Morgan fingerprint density at radius 1 is 1.37 bits per heavy atom. The maximum Gasteiger partial charge on any atom is 0.227 e. The van der Waals surface area contributed by atoms with Crippen LogP contribution in [0.25, 0.3) is 0 Å². The molecular weight excluding hydrogens is 250 g/mol. The molecule has 104 valence electrons. The second kappa shape index (κ2) is 4.89. The third-order valence-electron chi connectivity index (χ3n) is 3.86. The van der Waals surface area contributed by atoms with Crippen molar-refractivity contribution in [2.24, 2.45) is 11.7 Å². The summed E-state index contributed by atoms with van der Waals surface area (Å²) in [5.74, 6) is -1.39. The van der Waals surface area contributed by atoms with Gasteiger partial charge in [0.25, 0.3) is 0 Å². The number of halogens is 2. The van der Waals surface area contributed by atoms with Gasteiger partial charge in [0.15, 0.2) is 0 Å². The van der Waals surface area contributed by atoms with Crippen LogP contribution in [-0.2, 0) is 11.2 Å². The monoisotopic (exact) mass is 268 g/mol. The molecule has 1 aliphatic heterocycles. The molecule has 5 heteroatoms. The number of rotatable bonds is 3. The Bertz CT molecular complexity index is 476. The van der Waals surface area contributed by atoms with E-state index in [1.165, 1.54) is 6.07 Å². The number of benzene rings is 1. The van der Waals surface area contributed by atoms with E-state index in [4.69, 9.17) is 5.73 Å². The molecule has 19 heavy (non-hydrogen) atoms. The first kappa shape index (κ1) is 13.9. The minimum absolute atomic E-state index is 0.174. The summed E-state index contributed by atoms with van der Waals surface area (Å²) in [4.78, 5) is 13.5. The molecule has 0 saturated carbocycles. The van der Waals surface area contributed by atoms with Crippen molar-refractivity contribution in [2.45, 2.75) is 25.8 Å². The van der Waals surface area contributed by atoms with Crippen molar-refractivity contribution in [3.05, 3.63) is 35.4 Å². The molecule has 0 aromatic heterocycles. The van der Waals surface area contributed by atoms with Crippen LogP contribution in [0.4, 0.5) is 8.78 Å². The topological polar surface area (TPSA) is 46.3 Å². The molecule has 0 spiro atoms. The zero-order valence-corrected chi connectivity index (χ0v) is 11.1. The Balaban J connectivity index is 2.01. The van der Waals surface area contributed by atoms with E-state index in [2.05, 4.69) is 0 Å². The second-order valence-corrected chi connectivity index (χ2v) is 5.51. The molecule has 0 radical (unpaired) electrons. The smallest absolute Gasteiger partial charge is 0.227 e. The molecule has 0 bridgehead atoms.